The highest BCUT2D eigenvalue weighted by atomic mass is 16.5. The zero-order chi connectivity index (χ0) is 20.8. The Labute approximate surface area is 179 Å². The first kappa shape index (κ1) is 20.7. The van der Waals surface area contributed by atoms with Crippen LogP contribution in [0.5, 0.6) is 11.5 Å². The van der Waals surface area contributed by atoms with Crippen LogP contribution in [0.2, 0.25) is 0 Å². The minimum Gasteiger partial charge on any atom is -0.493 e. The van der Waals surface area contributed by atoms with Crippen molar-refractivity contribution in [3.63, 3.8) is 0 Å². The quantitative estimate of drug-likeness (QED) is 0.737. The molecule has 0 spiro atoms. The number of amides is 1. The molecular weight excluding hydrogens is 376 g/mol. The summed E-state index contributed by atoms with van der Waals surface area (Å²) in [6, 6.07) is 16.2. The molecule has 1 saturated carbocycles. The summed E-state index contributed by atoms with van der Waals surface area (Å²) in [4.78, 5) is 14.5. The van der Waals surface area contributed by atoms with Crippen molar-refractivity contribution in [2.45, 2.75) is 51.2 Å². The van der Waals surface area contributed by atoms with Crippen LogP contribution in [-0.2, 0) is 11.3 Å². The lowest BCUT2D eigenvalue weighted by Gasteiger charge is -2.29. The van der Waals surface area contributed by atoms with Gasteiger partial charge in [0.05, 0.1) is 32.2 Å². The summed E-state index contributed by atoms with van der Waals surface area (Å²) in [5.74, 6) is 1.59. The van der Waals surface area contributed by atoms with Crippen LogP contribution in [0, 0.1) is 5.92 Å². The van der Waals surface area contributed by atoms with Gasteiger partial charge in [0, 0.05) is 17.3 Å². The van der Waals surface area contributed by atoms with Crippen LogP contribution in [0.15, 0.2) is 48.5 Å². The monoisotopic (exact) mass is 409 g/mol. The highest BCUT2D eigenvalue weighted by molar-refractivity contribution is 5.93. The molecule has 0 bridgehead atoms. The van der Waals surface area contributed by atoms with Gasteiger partial charge in [-0.05, 0) is 50.7 Å². The van der Waals surface area contributed by atoms with Gasteiger partial charge in [-0.25, -0.2) is 0 Å². The Morgan fingerprint density at radius 3 is 2.60 bits per heavy atom. The Bertz CT molecular complexity index is 834. The van der Waals surface area contributed by atoms with E-state index in [-0.39, 0.29) is 17.9 Å². The smallest absolute Gasteiger partial charge is 0.233 e. The summed E-state index contributed by atoms with van der Waals surface area (Å²) in [6.07, 6.45) is 6.88. The third-order valence-corrected chi connectivity index (χ3v) is 6.31. The zero-order valence-electron chi connectivity index (χ0n) is 17.9. The molecule has 0 radical (unpaired) electrons. The molecule has 1 amide bonds. The second-order valence-electron chi connectivity index (χ2n) is 8.58. The predicted octanol–water partition coefficient (Wildman–Crippen LogP) is 3.45. The Balaban J connectivity index is 1.37. The van der Waals surface area contributed by atoms with Crippen molar-refractivity contribution < 1.29 is 19.2 Å². The number of methoxy groups -OCH3 is 1. The maximum absolute atomic E-state index is 13.0. The minimum absolute atomic E-state index is 0.0405. The molecule has 2 atom stereocenters. The van der Waals surface area contributed by atoms with Gasteiger partial charge >= 0.3 is 0 Å². The van der Waals surface area contributed by atoms with Gasteiger partial charge in [-0.2, -0.15) is 0 Å². The topological polar surface area (TPSA) is 52.0 Å². The minimum atomic E-state index is 0.0405. The van der Waals surface area contributed by atoms with Gasteiger partial charge < -0.3 is 19.7 Å². The number of likely N-dealkylation sites (tertiary alicyclic amines) is 1. The van der Waals surface area contributed by atoms with Gasteiger partial charge in [0.1, 0.15) is 6.54 Å². The molecule has 160 valence electrons. The molecule has 2 aromatic rings. The van der Waals surface area contributed by atoms with Crippen molar-refractivity contribution in [1.82, 2.24) is 0 Å². The maximum Gasteiger partial charge on any atom is 0.233 e. The van der Waals surface area contributed by atoms with E-state index in [1.807, 2.05) is 24.3 Å². The highest BCUT2D eigenvalue weighted by Crippen LogP contribution is 2.34. The van der Waals surface area contributed by atoms with Gasteiger partial charge in [-0.1, -0.05) is 30.3 Å². The van der Waals surface area contributed by atoms with E-state index >= 15 is 0 Å². The molecular formula is C25H33N2O3+. The summed E-state index contributed by atoms with van der Waals surface area (Å²) in [6.45, 7) is 2.98. The number of hydrogen-bond acceptors (Lipinski definition) is 3. The van der Waals surface area contributed by atoms with E-state index in [9.17, 15) is 4.79 Å². The van der Waals surface area contributed by atoms with Gasteiger partial charge in [-0.15, -0.1) is 0 Å². The van der Waals surface area contributed by atoms with Crippen molar-refractivity contribution in [3.8, 4) is 11.5 Å². The molecule has 5 nitrogen and oxygen atoms in total. The molecule has 2 fully saturated rings. The average Bonchev–Trinajstić information content (AvgIpc) is 3.28. The number of anilines is 1. The van der Waals surface area contributed by atoms with Crippen molar-refractivity contribution in [3.05, 3.63) is 54.1 Å². The van der Waals surface area contributed by atoms with Gasteiger partial charge in [-0.3, -0.25) is 4.79 Å². The Morgan fingerprint density at radius 1 is 1.03 bits per heavy atom. The summed E-state index contributed by atoms with van der Waals surface area (Å²) in [5.41, 5.74) is 2.11. The van der Waals surface area contributed by atoms with Gasteiger partial charge in [0.2, 0.25) is 5.91 Å². The number of rotatable bonds is 7. The van der Waals surface area contributed by atoms with Gasteiger partial charge in [0.15, 0.2) is 11.5 Å². The van der Waals surface area contributed by atoms with E-state index in [4.69, 9.17) is 9.47 Å². The molecule has 1 heterocycles. The van der Waals surface area contributed by atoms with Crippen LogP contribution in [0.4, 0.5) is 5.69 Å². The van der Waals surface area contributed by atoms with E-state index in [1.54, 1.807) is 7.11 Å². The van der Waals surface area contributed by atoms with Crippen LogP contribution in [0.1, 0.15) is 44.1 Å². The lowest BCUT2D eigenvalue weighted by Crippen LogP contribution is -3.12. The van der Waals surface area contributed by atoms with Crippen molar-refractivity contribution >= 4 is 11.6 Å². The number of carbonyl (C=O) groups is 1. The number of quaternary nitrogens is 1. The maximum atomic E-state index is 13.0. The van der Waals surface area contributed by atoms with Crippen LogP contribution >= 0.6 is 0 Å². The van der Waals surface area contributed by atoms with Crippen LogP contribution in [0.25, 0.3) is 0 Å². The number of benzene rings is 2. The average molecular weight is 410 g/mol. The molecule has 1 unspecified atom stereocenters. The highest BCUT2D eigenvalue weighted by Gasteiger charge is 2.29. The Morgan fingerprint density at radius 2 is 1.83 bits per heavy atom. The first-order chi connectivity index (χ1) is 14.7. The van der Waals surface area contributed by atoms with Crippen molar-refractivity contribution in [2.75, 3.05) is 25.5 Å². The lowest BCUT2D eigenvalue weighted by atomic mass is 9.96. The summed E-state index contributed by atoms with van der Waals surface area (Å²) < 4.78 is 11.6. The molecule has 2 N–H and O–H groups in total. The number of ether oxygens (including phenoxy) is 2. The molecule has 4 rings (SSSR count). The number of nitrogens with one attached hydrogen (secondary N) is 2. The Hall–Kier alpha value is -2.53. The van der Waals surface area contributed by atoms with E-state index in [1.165, 1.54) is 23.3 Å². The molecule has 2 aromatic carbocycles. The third-order valence-electron chi connectivity index (χ3n) is 6.31. The van der Waals surface area contributed by atoms with Crippen LogP contribution in [0.3, 0.4) is 0 Å². The molecule has 1 saturated heterocycles. The van der Waals surface area contributed by atoms with E-state index < -0.39 is 0 Å². The number of hydrogen-bond donors (Lipinski definition) is 2. The fourth-order valence-electron chi connectivity index (χ4n) is 4.70. The van der Waals surface area contributed by atoms with E-state index in [0.29, 0.717) is 0 Å². The van der Waals surface area contributed by atoms with E-state index in [2.05, 4.69) is 29.6 Å². The molecule has 2 aliphatic rings. The summed E-state index contributed by atoms with van der Waals surface area (Å²) in [5, 5.41) is 3.12. The summed E-state index contributed by atoms with van der Waals surface area (Å²) >= 11 is 0. The standard InChI is InChI=1S/C25H32N2O3/c1-29-23-14-13-21(16-24(23)30-22-11-5-6-12-22)26-25(28)20-10-7-15-27(18-20)17-19-8-3-2-4-9-19/h2-4,8-9,13-14,16,20,22H,5-7,10-12,15,17-18H2,1H3,(H,26,28)/p+1/t20-/m1/s1. The van der Waals surface area contributed by atoms with Crippen molar-refractivity contribution in [2.24, 2.45) is 5.92 Å². The number of piperidine rings is 1. The number of carbonyl (C=O) groups excluding carboxylic acids is 1. The first-order valence-corrected chi connectivity index (χ1v) is 11.2. The molecule has 5 heteroatoms. The zero-order valence-corrected chi connectivity index (χ0v) is 17.9. The van der Waals surface area contributed by atoms with Gasteiger partial charge in [0.25, 0.3) is 0 Å². The predicted molar refractivity (Wildman–Crippen MR) is 118 cm³/mol. The SMILES string of the molecule is COc1ccc(NC(=O)[C@@H]2CCC[NH+](Cc3ccccc3)C2)cc1OC1CCCC1. The molecule has 0 aromatic heterocycles. The third kappa shape index (κ3) is 5.33. The second kappa shape index (κ2) is 9.98. The normalized spacial score (nSPS) is 21.9. The largest absolute Gasteiger partial charge is 0.493 e. The fraction of sp³-hybridized carbons (Fsp3) is 0.480. The summed E-state index contributed by atoms with van der Waals surface area (Å²) in [7, 11) is 1.65. The molecule has 1 aliphatic carbocycles. The first-order valence-electron chi connectivity index (χ1n) is 11.2. The van der Waals surface area contributed by atoms with Crippen LogP contribution in [-0.4, -0.2) is 32.2 Å². The lowest BCUT2D eigenvalue weighted by molar-refractivity contribution is -0.921. The fourth-order valence-corrected chi connectivity index (χ4v) is 4.70. The van der Waals surface area contributed by atoms with Crippen LogP contribution < -0.4 is 19.7 Å². The van der Waals surface area contributed by atoms with Crippen molar-refractivity contribution in [1.29, 1.82) is 0 Å². The molecule has 30 heavy (non-hydrogen) atoms. The molecule has 1 aliphatic heterocycles. The Kier molecular flexibility index (Phi) is 6.90. The van der Waals surface area contributed by atoms with E-state index in [0.717, 1.165) is 62.5 Å². The second-order valence-corrected chi connectivity index (χ2v) is 8.58.